The summed E-state index contributed by atoms with van der Waals surface area (Å²) < 4.78 is 0. The largest absolute Gasteiger partial charge is 0.379 e. The van der Waals surface area contributed by atoms with Crippen molar-refractivity contribution < 1.29 is 4.79 Å². The summed E-state index contributed by atoms with van der Waals surface area (Å²) in [5.41, 5.74) is 7.38. The van der Waals surface area contributed by atoms with Crippen LogP contribution in [-0.4, -0.2) is 47.9 Å². The van der Waals surface area contributed by atoms with Crippen molar-refractivity contribution in [2.45, 2.75) is 18.9 Å². The highest BCUT2D eigenvalue weighted by atomic mass is 32.2. The lowest BCUT2D eigenvalue weighted by Gasteiger charge is -2.31. The van der Waals surface area contributed by atoms with Crippen LogP contribution in [0.15, 0.2) is 29.3 Å². The number of nitrogens with zero attached hydrogens (tertiary/aromatic N) is 2. The number of hydrogen-bond acceptors (Lipinski definition) is 5. The van der Waals surface area contributed by atoms with Crippen molar-refractivity contribution in [3.8, 4) is 0 Å². The van der Waals surface area contributed by atoms with Gasteiger partial charge in [0.1, 0.15) is 0 Å². The number of benzene rings is 1. The van der Waals surface area contributed by atoms with Crippen molar-refractivity contribution in [3.63, 3.8) is 0 Å². The lowest BCUT2D eigenvalue weighted by atomic mass is 9.88. The third-order valence-corrected chi connectivity index (χ3v) is 5.13. The van der Waals surface area contributed by atoms with Crippen molar-refractivity contribution in [3.05, 3.63) is 35.4 Å². The molecule has 1 saturated heterocycles. The molecule has 0 aromatic heterocycles. The number of nitrogens with two attached hydrogens (primary N) is 1. The zero-order valence-corrected chi connectivity index (χ0v) is 13.7. The van der Waals surface area contributed by atoms with Crippen LogP contribution in [-0.2, 0) is 5.54 Å². The van der Waals surface area contributed by atoms with Crippen molar-refractivity contribution in [1.29, 1.82) is 0 Å². The van der Waals surface area contributed by atoms with E-state index in [2.05, 4.69) is 17.2 Å². The molecule has 22 heavy (non-hydrogen) atoms. The Hall–Kier alpha value is -1.53. The van der Waals surface area contributed by atoms with Crippen LogP contribution in [0.2, 0.25) is 0 Å². The second-order valence-electron chi connectivity index (χ2n) is 5.95. The molecule has 0 bridgehead atoms. The molecule has 2 aliphatic heterocycles. The van der Waals surface area contributed by atoms with E-state index in [1.165, 1.54) is 0 Å². The first-order valence-electron chi connectivity index (χ1n) is 7.67. The van der Waals surface area contributed by atoms with E-state index < -0.39 is 0 Å². The molecule has 6 heteroatoms. The summed E-state index contributed by atoms with van der Waals surface area (Å²) in [6.45, 7) is 5.35. The number of rotatable bonds is 2. The summed E-state index contributed by atoms with van der Waals surface area (Å²) in [6, 6.07) is 7.86. The van der Waals surface area contributed by atoms with Gasteiger partial charge in [0, 0.05) is 37.5 Å². The van der Waals surface area contributed by atoms with Gasteiger partial charge in [-0.05, 0) is 31.0 Å². The number of piperazine rings is 1. The number of aliphatic imine (C=N–C) groups is 1. The van der Waals surface area contributed by atoms with E-state index in [1.54, 1.807) is 11.8 Å². The van der Waals surface area contributed by atoms with Gasteiger partial charge in [0.25, 0.3) is 5.91 Å². The van der Waals surface area contributed by atoms with Crippen LogP contribution in [0.1, 0.15) is 29.3 Å². The number of carbonyl (C=O) groups is 1. The maximum Gasteiger partial charge on any atom is 0.253 e. The van der Waals surface area contributed by atoms with E-state index >= 15 is 0 Å². The van der Waals surface area contributed by atoms with Crippen LogP contribution in [0.3, 0.4) is 0 Å². The molecule has 0 saturated carbocycles. The first-order chi connectivity index (χ1) is 10.6. The third-order valence-electron chi connectivity index (χ3n) is 4.33. The standard InChI is InChI=1S/C16H22N4OS/c1-16(5-10-22-15(17)19-16)13-4-2-3-12(11-13)14(21)20-8-6-18-7-9-20/h2-4,11,18H,5-10H2,1H3,(H2,17,19). The molecule has 0 radical (unpaired) electrons. The number of carbonyl (C=O) groups excluding carboxylic acids is 1. The van der Waals surface area contributed by atoms with Crippen LogP contribution < -0.4 is 11.1 Å². The Labute approximate surface area is 135 Å². The highest BCUT2D eigenvalue weighted by Crippen LogP contribution is 2.35. The summed E-state index contributed by atoms with van der Waals surface area (Å²) in [4.78, 5) is 19.2. The van der Waals surface area contributed by atoms with E-state index in [1.807, 2.05) is 29.2 Å². The molecule has 3 N–H and O–H groups in total. The van der Waals surface area contributed by atoms with Crippen molar-refractivity contribution in [2.75, 3.05) is 31.9 Å². The number of amides is 1. The molecule has 0 spiro atoms. The Morgan fingerprint density at radius 1 is 1.41 bits per heavy atom. The maximum absolute atomic E-state index is 12.6. The van der Waals surface area contributed by atoms with E-state index in [0.29, 0.717) is 5.17 Å². The fourth-order valence-corrected chi connectivity index (χ4v) is 3.91. The molecule has 1 aromatic rings. The van der Waals surface area contributed by atoms with Gasteiger partial charge in [0.15, 0.2) is 5.17 Å². The molecule has 1 amide bonds. The average Bonchev–Trinajstić information content (AvgIpc) is 2.55. The van der Waals surface area contributed by atoms with E-state index in [-0.39, 0.29) is 11.4 Å². The number of amidine groups is 1. The summed E-state index contributed by atoms with van der Waals surface area (Å²) in [5, 5.41) is 3.90. The topological polar surface area (TPSA) is 70.7 Å². The summed E-state index contributed by atoms with van der Waals surface area (Å²) in [7, 11) is 0. The zero-order valence-electron chi connectivity index (χ0n) is 12.8. The van der Waals surface area contributed by atoms with Crippen LogP contribution in [0.25, 0.3) is 0 Å². The predicted molar refractivity (Wildman–Crippen MR) is 91.3 cm³/mol. The highest BCUT2D eigenvalue weighted by Gasteiger charge is 2.30. The maximum atomic E-state index is 12.6. The fourth-order valence-electron chi connectivity index (χ4n) is 2.93. The quantitative estimate of drug-likeness (QED) is 0.865. The van der Waals surface area contributed by atoms with Gasteiger partial charge in [0.2, 0.25) is 0 Å². The highest BCUT2D eigenvalue weighted by molar-refractivity contribution is 8.13. The molecule has 1 unspecified atom stereocenters. The number of nitrogens with one attached hydrogen (secondary N) is 1. The molecule has 2 heterocycles. The number of thioether (sulfide) groups is 1. The lowest BCUT2D eigenvalue weighted by molar-refractivity contribution is 0.0735. The third kappa shape index (κ3) is 3.13. The van der Waals surface area contributed by atoms with Gasteiger partial charge in [-0.1, -0.05) is 23.9 Å². The van der Waals surface area contributed by atoms with Gasteiger partial charge in [-0.15, -0.1) is 0 Å². The van der Waals surface area contributed by atoms with E-state index in [4.69, 9.17) is 5.73 Å². The minimum atomic E-state index is -0.324. The molecule has 5 nitrogen and oxygen atoms in total. The molecular formula is C16H22N4OS. The summed E-state index contributed by atoms with van der Waals surface area (Å²) in [6.07, 6.45) is 0.934. The Bertz CT molecular complexity index is 598. The Kier molecular flexibility index (Phi) is 4.40. The SMILES string of the molecule is CC1(c2cccc(C(=O)N3CCNCC3)c2)CCSC(N)=N1. The van der Waals surface area contributed by atoms with Crippen LogP contribution in [0.5, 0.6) is 0 Å². The molecule has 1 atom stereocenters. The molecule has 1 aromatic carbocycles. The van der Waals surface area contributed by atoms with Gasteiger partial charge in [-0.25, -0.2) is 0 Å². The van der Waals surface area contributed by atoms with Gasteiger partial charge in [0.05, 0.1) is 5.54 Å². The second kappa shape index (κ2) is 6.30. The molecule has 1 fully saturated rings. The average molecular weight is 318 g/mol. The smallest absolute Gasteiger partial charge is 0.253 e. The summed E-state index contributed by atoms with van der Waals surface area (Å²) >= 11 is 1.59. The lowest BCUT2D eigenvalue weighted by Crippen LogP contribution is -2.46. The molecule has 2 aliphatic rings. The van der Waals surface area contributed by atoms with Crippen molar-refractivity contribution in [2.24, 2.45) is 10.7 Å². The predicted octanol–water partition coefficient (Wildman–Crippen LogP) is 1.40. The molecule has 118 valence electrons. The molecule has 3 rings (SSSR count). The van der Waals surface area contributed by atoms with E-state index in [0.717, 1.165) is 49.5 Å². The Balaban J connectivity index is 1.86. The number of hydrogen-bond donors (Lipinski definition) is 2. The monoisotopic (exact) mass is 318 g/mol. The van der Waals surface area contributed by atoms with Gasteiger partial charge >= 0.3 is 0 Å². The first-order valence-corrected chi connectivity index (χ1v) is 8.66. The molecular weight excluding hydrogens is 296 g/mol. The first kappa shape index (κ1) is 15.4. The zero-order chi connectivity index (χ0) is 15.6. The second-order valence-corrected chi connectivity index (χ2v) is 7.06. The van der Waals surface area contributed by atoms with Crippen molar-refractivity contribution in [1.82, 2.24) is 10.2 Å². The van der Waals surface area contributed by atoms with Gasteiger partial charge < -0.3 is 16.0 Å². The minimum Gasteiger partial charge on any atom is -0.379 e. The minimum absolute atomic E-state index is 0.106. The molecule has 0 aliphatic carbocycles. The normalized spacial score (nSPS) is 25.7. The van der Waals surface area contributed by atoms with Crippen LogP contribution >= 0.6 is 11.8 Å². The van der Waals surface area contributed by atoms with Crippen LogP contribution in [0, 0.1) is 0 Å². The Morgan fingerprint density at radius 2 is 2.18 bits per heavy atom. The van der Waals surface area contributed by atoms with Gasteiger partial charge in [-0.2, -0.15) is 0 Å². The fraction of sp³-hybridized carbons (Fsp3) is 0.500. The Morgan fingerprint density at radius 3 is 2.91 bits per heavy atom. The van der Waals surface area contributed by atoms with Crippen LogP contribution in [0.4, 0.5) is 0 Å². The van der Waals surface area contributed by atoms with E-state index in [9.17, 15) is 4.79 Å². The summed E-state index contributed by atoms with van der Waals surface area (Å²) in [5.74, 6) is 1.07. The van der Waals surface area contributed by atoms with Crippen molar-refractivity contribution >= 4 is 22.8 Å². The van der Waals surface area contributed by atoms with Gasteiger partial charge in [-0.3, -0.25) is 9.79 Å².